The van der Waals surface area contributed by atoms with Crippen LogP contribution in [0.3, 0.4) is 0 Å². The van der Waals surface area contributed by atoms with Crippen LogP contribution in [0.2, 0.25) is 0 Å². The first-order valence-corrected chi connectivity index (χ1v) is 7.40. The second-order valence-electron chi connectivity index (χ2n) is 5.79. The van der Waals surface area contributed by atoms with E-state index < -0.39 is 0 Å². The minimum atomic E-state index is -0.312. The van der Waals surface area contributed by atoms with Crippen LogP contribution in [-0.2, 0) is 9.59 Å². The first-order valence-electron chi connectivity index (χ1n) is 6.61. The van der Waals surface area contributed by atoms with Crippen molar-refractivity contribution in [3.8, 4) is 5.75 Å². The third-order valence-electron chi connectivity index (χ3n) is 2.48. The van der Waals surface area contributed by atoms with Crippen molar-refractivity contribution in [1.82, 2.24) is 10.2 Å². The number of nitrogens with zero attached hydrogens (tertiary/aromatic N) is 1. The molecule has 6 heteroatoms. The molecule has 0 saturated carbocycles. The van der Waals surface area contributed by atoms with Crippen LogP contribution in [0.5, 0.6) is 5.75 Å². The van der Waals surface area contributed by atoms with Crippen molar-refractivity contribution in [3.63, 3.8) is 0 Å². The number of amides is 2. The molecule has 21 heavy (non-hydrogen) atoms. The number of rotatable bonds is 5. The molecule has 116 valence electrons. The second-order valence-corrected chi connectivity index (χ2v) is 6.71. The van der Waals surface area contributed by atoms with Gasteiger partial charge in [0.15, 0.2) is 6.61 Å². The van der Waals surface area contributed by atoms with Crippen LogP contribution in [0, 0.1) is 0 Å². The molecule has 0 heterocycles. The summed E-state index contributed by atoms with van der Waals surface area (Å²) in [6, 6.07) is 7.24. The Morgan fingerprint density at radius 3 is 2.57 bits per heavy atom. The zero-order valence-corrected chi connectivity index (χ0v) is 14.4. The summed E-state index contributed by atoms with van der Waals surface area (Å²) in [5.41, 5.74) is -0.312. The third-order valence-corrected chi connectivity index (χ3v) is 2.97. The minimum absolute atomic E-state index is 0.0119. The fourth-order valence-electron chi connectivity index (χ4n) is 1.57. The third kappa shape index (κ3) is 7.13. The predicted molar refractivity (Wildman–Crippen MR) is 85.2 cm³/mol. The summed E-state index contributed by atoms with van der Waals surface area (Å²) >= 11 is 3.33. The highest BCUT2D eigenvalue weighted by Crippen LogP contribution is 2.17. The van der Waals surface area contributed by atoms with Gasteiger partial charge in [-0.2, -0.15) is 0 Å². The first-order chi connectivity index (χ1) is 9.67. The fourth-order valence-corrected chi connectivity index (χ4v) is 1.95. The number of benzene rings is 1. The Morgan fingerprint density at radius 1 is 1.33 bits per heavy atom. The highest BCUT2D eigenvalue weighted by Gasteiger charge is 2.18. The van der Waals surface area contributed by atoms with E-state index in [1.807, 2.05) is 32.9 Å². The van der Waals surface area contributed by atoms with E-state index in [2.05, 4.69) is 21.2 Å². The lowest BCUT2D eigenvalue weighted by Gasteiger charge is -2.23. The van der Waals surface area contributed by atoms with Gasteiger partial charge in [-0.15, -0.1) is 0 Å². The van der Waals surface area contributed by atoms with Gasteiger partial charge in [-0.05, 0) is 39.0 Å². The molecule has 0 unspecified atom stereocenters. The van der Waals surface area contributed by atoms with Gasteiger partial charge < -0.3 is 15.0 Å². The number of likely N-dealkylation sites (N-methyl/N-ethyl adjacent to an activating group) is 1. The number of ether oxygens (including phenoxy) is 1. The lowest BCUT2D eigenvalue weighted by atomic mass is 10.1. The topological polar surface area (TPSA) is 58.6 Å². The van der Waals surface area contributed by atoms with E-state index in [0.717, 1.165) is 4.47 Å². The summed E-state index contributed by atoms with van der Waals surface area (Å²) in [6.07, 6.45) is 0. The molecule has 0 aromatic heterocycles. The Hall–Kier alpha value is -1.56. The van der Waals surface area contributed by atoms with Crippen LogP contribution >= 0.6 is 15.9 Å². The number of halogens is 1. The van der Waals surface area contributed by atoms with E-state index in [-0.39, 0.29) is 30.5 Å². The van der Waals surface area contributed by atoms with Crippen LogP contribution in [0.1, 0.15) is 20.8 Å². The summed E-state index contributed by atoms with van der Waals surface area (Å²) < 4.78 is 6.28. The van der Waals surface area contributed by atoms with E-state index in [1.165, 1.54) is 4.90 Å². The standard InChI is InChI=1S/C15H21BrN2O3/c1-15(2,3)17-13(19)9-18(4)14(20)10-21-12-7-5-6-11(16)8-12/h5-8H,9-10H2,1-4H3,(H,17,19). The van der Waals surface area contributed by atoms with Gasteiger partial charge >= 0.3 is 0 Å². The van der Waals surface area contributed by atoms with Crippen LogP contribution in [-0.4, -0.2) is 42.5 Å². The number of hydrogen-bond acceptors (Lipinski definition) is 3. The maximum Gasteiger partial charge on any atom is 0.260 e. The average Bonchev–Trinajstić information content (AvgIpc) is 2.33. The van der Waals surface area contributed by atoms with Crippen molar-refractivity contribution >= 4 is 27.7 Å². The molecular formula is C15H21BrN2O3. The molecule has 2 amide bonds. The maximum atomic E-state index is 11.9. The normalized spacial score (nSPS) is 10.9. The number of hydrogen-bond donors (Lipinski definition) is 1. The van der Waals surface area contributed by atoms with E-state index in [4.69, 9.17) is 4.74 Å². The average molecular weight is 357 g/mol. The molecule has 0 fully saturated rings. The molecule has 5 nitrogen and oxygen atoms in total. The number of carbonyl (C=O) groups is 2. The summed E-state index contributed by atoms with van der Waals surface area (Å²) in [7, 11) is 1.58. The van der Waals surface area contributed by atoms with Gasteiger partial charge in [0.1, 0.15) is 5.75 Å². The first kappa shape index (κ1) is 17.5. The van der Waals surface area contributed by atoms with E-state index in [9.17, 15) is 9.59 Å². The highest BCUT2D eigenvalue weighted by atomic mass is 79.9. The predicted octanol–water partition coefficient (Wildman–Crippen LogP) is 2.20. The quantitative estimate of drug-likeness (QED) is 0.879. The summed E-state index contributed by atoms with van der Waals surface area (Å²) in [4.78, 5) is 25.0. The van der Waals surface area contributed by atoms with E-state index >= 15 is 0 Å². The highest BCUT2D eigenvalue weighted by molar-refractivity contribution is 9.10. The van der Waals surface area contributed by atoms with Crippen molar-refractivity contribution in [3.05, 3.63) is 28.7 Å². The van der Waals surface area contributed by atoms with Gasteiger partial charge in [0.25, 0.3) is 5.91 Å². The molecule has 0 bridgehead atoms. The van der Waals surface area contributed by atoms with Crippen molar-refractivity contribution in [1.29, 1.82) is 0 Å². The van der Waals surface area contributed by atoms with Crippen LogP contribution < -0.4 is 10.1 Å². The van der Waals surface area contributed by atoms with Gasteiger partial charge in [-0.1, -0.05) is 22.0 Å². The summed E-state index contributed by atoms with van der Waals surface area (Å²) in [5.74, 6) is 0.158. The molecule has 0 aliphatic heterocycles. The van der Waals surface area contributed by atoms with Crippen molar-refractivity contribution in [2.75, 3.05) is 20.2 Å². The van der Waals surface area contributed by atoms with Crippen molar-refractivity contribution in [2.24, 2.45) is 0 Å². The summed E-state index contributed by atoms with van der Waals surface area (Å²) in [6.45, 7) is 5.59. The second kappa shape index (κ2) is 7.45. The van der Waals surface area contributed by atoms with Gasteiger partial charge in [0.05, 0.1) is 6.54 Å². The Kier molecular flexibility index (Phi) is 6.20. The molecular weight excluding hydrogens is 336 g/mol. The zero-order chi connectivity index (χ0) is 16.0. The number of carbonyl (C=O) groups excluding carboxylic acids is 2. The Bertz CT molecular complexity index is 512. The number of nitrogens with one attached hydrogen (secondary N) is 1. The molecule has 0 spiro atoms. The lowest BCUT2D eigenvalue weighted by molar-refractivity contribution is -0.136. The molecule has 0 aliphatic carbocycles. The summed E-state index contributed by atoms with van der Waals surface area (Å²) in [5, 5.41) is 2.81. The maximum absolute atomic E-state index is 11.9. The fraction of sp³-hybridized carbons (Fsp3) is 0.467. The van der Waals surface area contributed by atoms with Crippen molar-refractivity contribution in [2.45, 2.75) is 26.3 Å². The minimum Gasteiger partial charge on any atom is -0.484 e. The molecule has 0 aliphatic rings. The SMILES string of the molecule is CN(CC(=O)NC(C)(C)C)C(=O)COc1cccc(Br)c1. The van der Waals surface area contributed by atoms with Crippen LogP contribution in [0.4, 0.5) is 0 Å². The van der Waals surface area contributed by atoms with Gasteiger partial charge in [-0.3, -0.25) is 9.59 Å². The Morgan fingerprint density at radius 2 is 2.00 bits per heavy atom. The molecule has 1 aromatic carbocycles. The van der Waals surface area contributed by atoms with Crippen molar-refractivity contribution < 1.29 is 14.3 Å². The smallest absolute Gasteiger partial charge is 0.260 e. The molecule has 0 saturated heterocycles. The molecule has 0 atom stereocenters. The molecule has 1 aromatic rings. The van der Waals surface area contributed by atoms with E-state index in [1.54, 1.807) is 19.2 Å². The zero-order valence-electron chi connectivity index (χ0n) is 12.8. The molecule has 1 rings (SSSR count). The largest absolute Gasteiger partial charge is 0.484 e. The molecule has 1 N–H and O–H groups in total. The Balaban J connectivity index is 2.43. The van der Waals surface area contributed by atoms with Gasteiger partial charge in [0, 0.05) is 17.1 Å². The lowest BCUT2D eigenvalue weighted by Crippen LogP contribution is -2.47. The van der Waals surface area contributed by atoms with Gasteiger partial charge in [-0.25, -0.2) is 0 Å². The monoisotopic (exact) mass is 356 g/mol. The Labute approximate surface area is 133 Å². The van der Waals surface area contributed by atoms with Crippen LogP contribution in [0.15, 0.2) is 28.7 Å². The van der Waals surface area contributed by atoms with E-state index in [0.29, 0.717) is 5.75 Å². The molecule has 0 radical (unpaired) electrons. The van der Waals surface area contributed by atoms with Gasteiger partial charge in [0.2, 0.25) is 5.91 Å². The van der Waals surface area contributed by atoms with Crippen LogP contribution in [0.25, 0.3) is 0 Å².